The third kappa shape index (κ3) is 2.61. The summed E-state index contributed by atoms with van der Waals surface area (Å²) in [5.74, 6) is 0.142. The highest BCUT2D eigenvalue weighted by molar-refractivity contribution is 5.78. The monoisotopic (exact) mass is 347 g/mol. The number of aromatic nitrogens is 5. The molecule has 9 heteroatoms. The number of rotatable bonds is 4. The predicted octanol–water partition coefficient (Wildman–Crippen LogP) is 3.17. The van der Waals surface area contributed by atoms with Crippen LogP contribution >= 0.6 is 0 Å². The van der Waals surface area contributed by atoms with Crippen LogP contribution in [0.25, 0.3) is 16.9 Å². The van der Waals surface area contributed by atoms with Gasteiger partial charge in [0, 0.05) is 5.69 Å². The Morgan fingerprint density at radius 3 is 2.65 bits per heavy atom. The van der Waals surface area contributed by atoms with Crippen LogP contribution in [0, 0.1) is 17.0 Å². The van der Waals surface area contributed by atoms with Crippen LogP contribution in [0.1, 0.15) is 5.56 Å². The van der Waals surface area contributed by atoms with Gasteiger partial charge in [0.15, 0.2) is 0 Å². The largest absolute Gasteiger partial charge is 0.356 e. The molecule has 128 valence electrons. The Morgan fingerprint density at radius 2 is 1.85 bits per heavy atom. The van der Waals surface area contributed by atoms with Gasteiger partial charge < -0.3 is 5.32 Å². The predicted molar refractivity (Wildman–Crippen MR) is 95.6 cm³/mol. The molecule has 0 saturated carbocycles. The second-order valence-electron chi connectivity index (χ2n) is 5.58. The summed E-state index contributed by atoms with van der Waals surface area (Å²) in [6.07, 6.45) is 1.26. The molecule has 2 aromatic heterocycles. The molecule has 2 aromatic carbocycles. The fraction of sp³-hybridized carbons (Fsp3) is 0.0588. The molecule has 0 amide bonds. The van der Waals surface area contributed by atoms with Gasteiger partial charge in [-0.05, 0) is 30.7 Å². The van der Waals surface area contributed by atoms with E-state index >= 15 is 0 Å². The molecule has 26 heavy (non-hydrogen) atoms. The van der Waals surface area contributed by atoms with Crippen molar-refractivity contribution in [3.05, 3.63) is 70.5 Å². The fourth-order valence-corrected chi connectivity index (χ4v) is 2.65. The van der Waals surface area contributed by atoms with Crippen LogP contribution in [0.15, 0.2) is 54.9 Å². The number of aryl methyl sites for hydroxylation is 1. The van der Waals surface area contributed by atoms with Crippen molar-refractivity contribution in [2.75, 3.05) is 5.32 Å². The van der Waals surface area contributed by atoms with E-state index in [0.29, 0.717) is 11.0 Å². The van der Waals surface area contributed by atoms with Crippen molar-refractivity contribution >= 4 is 28.2 Å². The van der Waals surface area contributed by atoms with E-state index < -0.39 is 4.92 Å². The molecular formula is C17H13N7O2. The molecule has 0 saturated heterocycles. The van der Waals surface area contributed by atoms with E-state index in [2.05, 4.69) is 25.6 Å². The molecular weight excluding hydrogens is 334 g/mol. The van der Waals surface area contributed by atoms with Crippen LogP contribution in [-0.4, -0.2) is 29.9 Å². The maximum atomic E-state index is 11.8. The summed E-state index contributed by atoms with van der Waals surface area (Å²) in [5.41, 5.74) is 2.63. The van der Waals surface area contributed by atoms with Gasteiger partial charge in [-0.25, -0.2) is 9.97 Å². The van der Waals surface area contributed by atoms with E-state index in [1.165, 1.54) is 11.0 Å². The average Bonchev–Trinajstić information content (AvgIpc) is 3.07. The lowest BCUT2D eigenvalue weighted by atomic mass is 10.2. The number of fused-ring (bicyclic) bond motifs is 1. The first kappa shape index (κ1) is 15.6. The van der Waals surface area contributed by atoms with Gasteiger partial charge in [0.1, 0.15) is 11.8 Å². The Kier molecular flexibility index (Phi) is 3.73. The topological polar surface area (TPSA) is 112 Å². The SMILES string of the molecule is Cc1ccccc1Nc1ncnc(-n2nnc3ccccc32)c1[N+](=O)[O-]. The summed E-state index contributed by atoms with van der Waals surface area (Å²) in [4.78, 5) is 19.4. The van der Waals surface area contributed by atoms with Crippen molar-refractivity contribution in [2.24, 2.45) is 0 Å². The standard InChI is InChI=1S/C17H13N7O2/c1-11-6-2-3-7-12(11)20-16-15(24(25)26)17(19-10-18-16)23-14-9-5-4-8-13(14)21-22-23/h2-10H,1H3,(H,18,19,20). The van der Waals surface area contributed by atoms with Crippen LogP contribution < -0.4 is 5.32 Å². The van der Waals surface area contributed by atoms with Crippen molar-refractivity contribution in [2.45, 2.75) is 6.92 Å². The van der Waals surface area contributed by atoms with E-state index in [1.807, 2.05) is 43.3 Å². The molecule has 0 aliphatic carbocycles. The molecule has 1 N–H and O–H groups in total. The van der Waals surface area contributed by atoms with Crippen molar-refractivity contribution in [1.82, 2.24) is 25.0 Å². The minimum atomic E-state index is -0.521. The number of nitrogens with one attached hydrogen (secondary N) is 1. The highest BCUT2D eigenvalue weighted by atomic mass is 16.6. The molecule has 0 bridgehead atoms. The Hall–Kier alpha value is -3.88. The first-order valence-electron chi connectivity index (χ1n) is 7.78. The van der Waals surface area contributed by atoms with E-state index in [9.17, 15) is 10.1 Å². The van der Waals surface area contributed by atoms with Gasteiger partial charge in [0.25, 0.3) is 0 Å². The summed E-state index contributed by atoms with van der Waals surface area (Å²) in [5, 5.41) is 22.8. The molecule has 0 spiro atoms. The third-order valence-corrected chi connectivity index (χ3v) is 3.94. The number of hydrogen-bond donors (Lipinski definition) is 1. The first-order valence-corrected chi connectivity index (χ1v) is 7.78. The Balaban J connectivity index is 1.89. The molecule has 0 aliphatic heterocycles. The van der Waals surface area contributed by atoms with E-state index in [1.54, 1.807) is 12.1 Å². The first-order chi connectivity index (χ1) is 12.6. The van der Waals surface area contributed by atoms with Crippen LogP contribution in [0.5, 0.6) is 0 Å². The van der Waals surface area contributed by atoms with Gasteiger partial charge in [-0.1, -0.05) is 35.5 Å². The molecule has 4 rings (SSSR count). The zero-order valence-electron chi connectivity index (χ0n) is 13.7. The number of nitrogens with zero attached hydrogens (tertiary/aromatic N) is 6. The van der Waals surface area contributed by atoms with Crippen LogP contribution in [0.2, 0.25) is 0 Å². The van der Waals surface area contributed by atoms with E-state index in [4.69, 9.17) is 0 Å². The number of anilines is 2. The number of nitro groups is 1. The summed E-state index contributed by atoms with van der Waals surface area (Å²) >= 11 is 0. The zero-order valence-corrected chi connectivity index (χ0v) is 13.7. The van der Waals surface area contributed by atoms with Crippen LogP contribution in [0.3, 0.4) is 0 Å². The fourth-order valence-electron chi connectivity index (χ4n) is 2.65. The lowest BCUT2D eigenvalue weighted by Crippen LogP contribution is -2.09. The third-order valence-electron chi connectivity index (χ3n) is 3.94. The van der Waals surface area contributed by atoms with Crippen molar-refractivity contribution in [3.63, 3.8) is 0 Å². The Bertz CT molecular complexity index is 1120. The molecule has 0 atom stereocenters. The highest BCUT2D eigenvalue weighted by Crippen LogP contribution is 2.31. The summed E-state index contributed by atoms with van der Waals surface area (Å²) < 4.78 is 1.35. The van der Waals surface area contributed by atoms with Crippen LogP contribution in [-0.2, 0) is 0 Å². The maximum Gasteiger partial charge on any atom is 0.356 e. The Morgan fingerprint density at radius 1 is 1.08 bits per heavy atom. The van der Waals surface area contributed by atoms with E-state index in [-0.39, 0.29) is 17.3 Å². The van der Waals surface area contributed by atoms with Gasteiger partial charge in [0.2, 0.25) is 11.6 Å². The minimum absolute atomic E-state index is 0.0507. The van der Waals surface area contributed by atoms with Gasteiger partial charge in [-0.2, -0.15) is 4.68 Å². The van der Waals surface area contributed by atoms with Crippen molar-refractivity contribution < 1.29 is 4.92 Å². The molecule has 0 unspecified atom stereocenters. The summed E-state index contributed by atoms with van der Waals surface area (Å²) in [6, 6.07) is 14.6. The molecule has 0 radical (unpaired) electrons. The molecule has 2 heterocycles. The van der Waals surface area contributed by atoms with Gasteiger partial charge in [0.05, 0.1) is 10.4 Å². The second-order valence-corrected chi connectivity index (χ2v) is 5.58. The van der Waals surface area contributed by atoms with Crippen molar-refractivity contribution in [1.29, 1.82) is 0 Å². The average molecular weight is 347 g/mol. The second kappa shape index (κ2) is 6.20. The van der Waals surface area contributed by atoms with Gasteiger partial charge >= 0.3 is 5.69 Å². The summed E-state index contributed by atoms with van der Waals surface area (Å²) in [6.45, 7) is 1.90. The van der Waals surface area contributed by atoms with E-state index in [0.717, 1.165) is 11.3 Å². The Labute approximate surface area is 147 Å². The minimum Gasteiger partial charge on any atom is -0.334 e. The maximum absolute atomic E-state index is 11.8. The molecule has 9 nitrogen and oxygen atoms in total. The normalized spacial score (nSPS) is 10.8. The smallest absolute Gasteiger partial charge is 0.334 e. The van der Waals surface area contributed by atoms with Gasteiger partial charge in [-0.3, -0.25) is 10.1 Å². The number of hydrogen-bond acceptors (Lipinski definition) is 7. The number of benzene rings is 2. The highest BCUT2D eigenvalue weighted by Gasteiger charge is 2.26. The summed E-state index contributed by atoms with van der Waals surface area (Å²) in [7, 11) is 0. The lowest BCUT2D eigenvalue weighted by molar-refractivity contribution is -0.384. The zero-order chi connectivity index (χ0) is 18.1. The molecule has 4 aromatic rings. The lowest BCUT2D eigenvalue weighted by Gasteiger charge is -2.10. The van der Waals surface area contributed by atoms with Gasteiger partial charge in [-0.15, -0.1) is 5.10 Å². The van der Waals surface area contributed by atoms with Crippen LogP contribution in [0.4, 0.5) is 17.2 Å². The molecule has 0 fully saturated rings. The molecule has 0 aliphatic rings. The number of para-hydroxylation sites is 2. The quantitative estimate of drug-likeness (QED) is 0.446. The van der Waals surface area contributed by atoms with Crippen molar-refractivity contribution in [3.8, 4) is 5.82 Å².